The van der Waals surface area contributed by atoms with E-state index in [4.69, 9.17) is 13.9 Å². The van der Waals surface area contributed by atoms with Crippen LogP contribution in [-0.2, 0) is 19.1 Å². The predicted molar refractivity (Wildman–Crippen MR) is 88.1 cm³/mol. The molecule has 0 aliphatic carbocycles. The Hall–Kier alpha value is -3.16. The molecule has 0 saturated heterocycles. The van der Waals surface area contributed by atoms with Crippen LogP contribution < -0.4 is 5.63 Å². The summed E-state index contributed by atoms with van der Waals surface area (Å²) in [5.74, 6) is -2.28. The van der Waals surface area contributed by atoms with Gasteiger partial charge in [-0.25, -0.2) is 9.59 Å². The maximum absolute atomic E-state index is 12.4. The number of carbonyl (C=O) groups excluding carboxylic acids is 2. The van der Waals surface area contributed by atoms with Crippen molar-refractivity contribution in [1.29, 1.82) is 0 Å². The maximum Gasteiger partial charge on any atom is 0.336 e. The molecule has 1 aliphatic rings. The Morgan fingerprint density at radius 3 is 2.52 bits per heavy atom. The molecule has 0 radical (unpaired) electrons. The molecule has 1 aromatic carbocycles. The number of methoxy groups -OCH3 is 2. The lowest BCUT2D eigenvalue weighted by molar-refractivity contribution is -0.154. The Labute approximate surface area is 142 Å². The summed E-state index contributed by atoms with van der Waals surface area (Å²) in [5, 5.41) is 6.26. The number of para-hydroxylation sites is 1. The fraction of sp³-hybridized carbons (Fsp3) is 0.294. The summed E-state index contributed by atoms with van der Waals surface area (Å²) < 4.78 is 14.8. The minimum atomic E-state index is -1.02. The van der Waals surface area contributed by atoms with Crippen molar-refractivity contribution < 1.29 is 23.5 Å². The highest BCUT2D eigenvalue weighted by molar-refractivity contribution is 6.20. The number of fused-ring (bicyclic) bond motifs is 1. The molecule has 8 heteroatoms. The molecule has 0 fully saturated rings. The van der Waals surface area contributed by atoms with Crippen molar-refractivity contribution in [2.45, 2.75) is 6.04 Å². The van der Waals surface area contributed by atoms with E-state index in [0.29, 0.717) is 16.5 Å². The first-order chi connectivity index (χ1) is 12.0. The quantitative estimate of drug-likeness (QED) is 0.599. The van der Waals surface area contributed by atoms with Crippen LogP contribution in [0.25, 0.3) is 11.0 Å². The van der Waals surface area contributed by atoms with E-state index < -0.39 is 29.5 Å². The lowest BCUT2D eigenvalue weighted by atomic mass is 9.90. The van der Waals surface area contributed by atoms with Gasteiger partial charge < -0.3 is 13.9 Å². The Morgan fingerprint density at radius 2 is 1.84 bits per heavy atom. The zero-order valence-electron chi connectivity index (χ0n) is 13.9. The van der Waals surface area contributed by atoms with Crippen molar-refractivity contribution in [3.05, 3.63) is 46.3 Å². The summed E-state index contributed by atoms with van der Waals surface area (Å²) in [6, 6.07) is 7.17. The first kappa shape index (κ1) is 16.7. The second kappa shape index (κ2) is 6.39. The molecule has 0 saturated carbocycles. The molecule has 0 amide bonds. The number of carbonyl (C=O) groups is 2. The van der Waals surface area contributed by atoms with Gasteiger partial charge >= 0.3 is 17.6 Å². The van der Waals surface area contributed by atoms with Gasteiger partial charge in [-0.3, -0.25) is 9.80 Å². The van der Waals surface area contributed by atoms with E-state index in [1.165, 1.54) is 25.3 Å². The van der Waals surface area contributed by atoms with Gasteiger partial charge in [-0.1, -0.05) is 18.2 Å². The lowest BCUT2D eigenvalue weighted by Gasteiger charge is -2.21. The van der Waals surface area contributed by atoms with Crippen LogP contribution in [0.1, 0.15) is 5.56 Å². The van der Waals surface area contributed by atoms with Crippen molar-refractivity contribution in [3.8, 4) is 0 Å². The number of hydrogen-bond acceptors (Lipinski definition) is 8. The standard InChI is InChI=1S/C17H16N2O6/c1-19-15(17(22)24-3)13(16(21)23-2)14(18-19)10-8-12(20)25-11-7-5-4-6-9(10)11/h4-8,13,15H,1-3H3. The highest BCUT2D eigenvalue weighted by Crippen LogP contribution is 2.29. The van der Waals surface area contributed by atoms with Gasteiger partial charge in [-0.15, -0.1) is 0 Å². The SMILES string of the molecule is COC(=O)C1C(c2cc(=O)oc3ccccc23)=NN(C)C1C(=O)OC. The molecule has 1 aromatic heterocycles. The van der Waals surface area contributed by atoms with Crippen LogP contribution in [0.2, 0.25) is 0 Å². The second-order valence-corrected chi connectivity index (χ2v) is 5.50. The van der Waals surface area contributed by atoms with Crippen molar-refractivity contribution >= 4 is 28.6 Å². The van der Waals surface area contributed by atoms with Crippen LogP contribution in [0, 0.1) is 5.92 Å². The van der Waals surface area contributed by atoms with Crippen LogP contribution in [0.15, 0.2) is 44.6 Å². The van der Waals surface area contributed by atoms with Crippen molar-refractivity contribution in [2.75, 3.05) is 21.3 Å². The summed E-state index contributed by atoms with van der Waals surface area (Å²) in [4.78, 5) is 36.4. The van der Waals surface area contributed by atoms with Gasteiger partial charge in [0.05, 0.1) is 19.9 Å². The first-order valence-electron chi connectivity index (χ1n) is 7.48. The molecule has 0 N–H and O–H groups in total. The van der Waals surface area contributed by atoms with Crippen LogP contribution in [0.5, 0.6) is 0 Å². The fourth-order valence-corrected chi connectivity index (χ4v) is 2.98. The number of rotatable bonds is 3. The van der Waals surface area contributed by atoms with Crippen LogP contribution in [0.4, 0.5) is 0 Å². The summed E-state index contributed by atoms with van der Waals surface area (Å²) >= 11 is 0. The number of hydrazone groups is 1. The smallest absolute Gasteiger partial charge is 0.336 e. The Bertz CT molecular complexity index is 932. The summed E-state index contributed by atoms with van der Waals surface area (Å²) in [7, 11) is 4.01. The maximum atomic E-state index is 12.4. The molecule has 0 spiro atoms. The number of hydrogen-bond donors (Lipinski definition) is 0. The number of ether oxygens (including phenoxy) is 2. The van der Waals surface area contributed by atoms with Gasteiger partial charge in [0.25, 0.3) is 0 Å². The number of esters is 2. The molecule has 1 aliphatic heterocycles. The van der Waals surface area contributed by atoms with Gasteiger partial charge in [-0.05, 0) is 6.07 Å². The zero-order chi connectivity index (χ0) is 18.1. The van der Waals surface area contributed by atoms with E-state index in [9.17, 15) is 14.4 Å². The van der Waals surface area contributed by atoms with Crippen LogP contribution in [-0.4, -0.2) is 50.0 Å². The summed E-state index contributed by atoms with van der Waals surface area (Å²) in [6.07, 6.45) is 0. The molecular formula is C17H16N2O6. The average Bonchev–Trinajstić information content (AvgIpc) is 2.96. The third kappa shape index (κ3) is 2.75. The van der Waals surface area contributed by atoms with Crippen molar-refractivity contribution in [3.63, 3.8) is 0 Å². The molecule has 2 heterocycles. The summed E-state index contributed by atoms with van der Waals surface area (Å²) in [6.45, 7) is 0. The van der Waals surface area contributed by atoms with E-state index in [-0.39, 0.29) is 5.71 Å². The minimum Gasteiger partial charge on any atom is -0.468 e. The minimum absolute atomic E-state index is 0.258. The number of nitrogens with zero attached hydrogens (tertiary/aromatic N) is 2. The Kier molecular flexibility index (Phi) is 4.26. The van der Waals surface area contributed by atoms with E-state index in [1.54, 1.807) is 31.3 Å². The highest BCUT2D eigenvalue weighted by atomic mass is 16.5. The van der Waals surface area contributed by atoms with E-state index in [2.05, 4.69) is 5.10 Å². The third-order valence-electron chi connectivity index (χ3n) is 4.10. The molecule has 3 rings (SSSR count). The topological polar surface area (TPSA) is 98.4 Å². The second-order valence-electron chi connectivity index (χ2n) is 5.50. The van der Waals surface area contributed by atoms with Gasteiger partial charge in [-0.2, -0.15) is 5.10 Å². The Morgan fingerprint density at radius 1 is 1.16 bits per heavy atom. The zero-order valence-corrected chi connectivity index (χ0v) is 13.9. The van der Waals surface area contributed by atoms with E-state index >= 15 is 0 Å². The molecule has 130 valence electrons. The predicted octanol–water partition coefficient (Wildman–Crippen LogP) is 0.773. The average molecular weight is 344 g/mol. The third-order valence-corrected chi connectivity index (χ3v) is 4.10. The molecule has 25 heavy (non-hydrogen) atoms. The molecule has 2 unspecified atom stereocenters. The van der Waals surface area contributed by atoms with Gasteiger partial charge in [0.1, 0.15) is 11.5 Å². The largest absolute Gasteiger partial charge is 0.468 e. The van der Waals surface area contributed by atoms with Gasteiger partial charge in [0.2, 0.25) is 0 Å². The first-order valence-corrected chi connectivity index (χ1v) is 7.48. The molecule has 2 atom stereocenters. The van der Waals surface area contributed by atoms with Crippen molar-refractivity contribution in [2.24, 2.45) is 11.0 Å². The molecule has 2 aromatic rings. The molecular weight excluding hydrogens is 328 g/mol. The lowest BCUT2D eigenvalue weighted by Crippen LogP contribution is -2.43. The monoisotopic (exact) mass is 344 g/mol. The highest BCUT2D eigenvalue weighted by Gasteiger charge is 2.47. The Balaban J connectivity index is 2.22. The fourth-order valence-electron chi connectivity index (χ4n) is 2.98. The van der Waals surface area contributed by atoms with Crippen LogP contribution >= 0.6 is 0 Å². The normalized spacial score (nSPS) is 19.6. The van der Waals surface area contributed by atoms with Gasteiger partial charge in [0, 0.05) is 24.1 Å². The van der Waals surface area contributed by atoms with E-state index in [1.807, 2.05) is 0 Å². The number of benzene rings is 1. The van der Waals surface area contributed by atoms with Crippen LogP contribution in [0.3, 0.4) is 0 Å². The molecule has 8 nitrogen and oxygen atoms in total. The van der Waals surface area contributed by atoms with Gasteiger partial charge in [0.15, 0.2) is 6.04 Å². The number of likely N-dealkylation sites (N-methyl/N-ethyl adjacent to an activating group) is 1. The van der Waals surface area contributed by atoms with Crippen molar-refractivity contribution in [1.82, 2.24) is 5.01 Å². The summed E-state index contributed by atoms with van der Waals surface area (Å²) in [5.41, 5.74) is 0.457. The molecule has 0 bridgehead atoms. The van der Waals surface area contributed by atoms with E-state index in [0.717, 1.165) is 0 Å².